The molecule has 3 heterocycles. The van der Waals surface area contributed by atoms with Crippen molar-refractivity contribution in [3.05, 3.63) is 76.9 Å². The van der Waals surface area contributed by atoms with Crippen molar-refractivity contribution in [3.8, 4) is 0 Å². The van der Waals surface area contributed by atoms with Gasteiger partial charge in [0.25, 0.3) is 0 Å². The lowest BCUT2D eigenvalue weighted by Gasteiger charge is -2.24. The standard InChI is InChI=1S/C26H24N2O/c1-15(2)20-14-21-16(3)17-8-4-5-9-18(17)26-27-12-13-28(26)24(21)23-19-10-6-7-11-22(19)29-25(20)23/h4-11,14-16H,12-13H2,1-3H3. The molecule has 0 bridgehead atoms. The van der Waals surface area contributed by atoms with Gasteiger partial charge in [-0.05, 0) is 34.7 Å². The Kier molecular flexibility index (Phi) is 3.46. The highest BCUT2D eigenvalue weighted by Crippen LogP contribution is 2.48. The number of aliphatic imine (C=N–C) groups is 1. The van der Waals surface area contributed by atoms with Crippen LogP contribution in [0.2, 0.25) is 0 Å². The van der Waals surface area contributed by atoms with Gasteiger partial charge in [-0.2, -0.15) is 0 Å². The van der Waals surface area contributed by atoms with Crippen LogP contribution in [0.25, 0.3) is 21.9 Å². The van der Waals surface area contributed by atoms with Crippen molar-refractivity contribution in [2.24, 2.45) is 4.99 Å². The number of para-hydroxylation sites is 1. The summed E-state index contributed by atoms with van der Waals surface area (Å²) in [7, 11) is 0. The second-order valence-electron chi connectivity index (χ2n) is 8.53. The summed E-state index contributed by atoms with van der Waals surface area (Å²) in [6.07, 6.45) is 0. The van der Waals surface area contributed by atoms with Crippen molar-refractivity contribution in [2.75, 3.05) is 18.0 Å². The van der Waals surface area contributed by atoms with E-state index in [2.05, 4.69) is 80.3 Å². The number of amidine groups is 1. The molecule has 0 saturated carbocycles. The van der Waals surface area contributed by atoms with Crippen LogP contribution in [0.1, 0.15) is 54.9 Å². The first kappa shape index (κ1) is 16.8. The predicted molar refractivity (Wildman–Crippen MR) is 121 cm³/mol. The van der Waals surface area contributed by atoms with Gasteiger partial charge in [-0.25, -0.2) is 0 Å². The molecule has 0 radical (unpaired) electrons. The number of fused-ring (bicyclic) bond motifs is 9. The van der Waals surface area contributed by atoms with Crippen LogP contribution in [0.3, 0.4) is 0 Å². The maximum atomic E-state index is 6.45. The van der Waals surface area contributed by atoms with Gasteiger partial charge >= 0.3 is 0 Å². The number of hydrogen-bond acceptors (Lipinski definition) is 3. The molecule has 0 N–H and O–H groups in total. The Balaban J connectivity index is 1.81. The molecule has 0 spiro atoms. The Morgan fingerprint density at radius 3 is 2.69 bits per heavy atom. The molecular formula is C26H24N2O. The highest BCUT2D eigenvalue weighted by atomic mass is 16.3. The molecule has 3 heteroatoms. The summed E-state index contributed by atoms with van der Waals surface area (Å²) in [5.41, 5.74) is 8.58. The molecule has 1 unspecified atom stereocenters. The fraction of sp³-hybridized carbons (Fsp3) is 0.269. The quantitative estimate of drug-likeness (QED) is 0.380. The van der Waals surface area contributed by atoms with Crippen LogP contribution in [0.15, 0.2) is 64.0 Å². The first-order chi connectivity index (χ1) is 14.1. The number of nitrogens with zero attached hydrogens (tertiary/aromatic N) is 2. The molecule has 4 aromatic rings. The lowest BCUT2D eigenvalue weighted by molar-refractivity contribution is 0.656. The average molecular weight is 380 g/mol. The summed E-state index contributed by atoms with van der Waals surface area (Å²) in [5.74, 6) is 1.79. The minimum absolute atomic E-state index is 0.296. The number of hydrogen-bond donors (Lipinski definition) is 0. The van der Waals surface area contributed by atoms with E-state index in [1.807, 2.05) is 0 Å². The maximum absolute atomic E-state index is 6.45. The van der Waals surface area contributed by atoms with E-state index >= 15 is 0 Å². The average Bonchev–Trinajstić information content (AvgIpc) is 3.35. The van der Waals surface area contributed by atoms with Crippen molar-refractivity contribution in [3.63, 3.8) is 0 Å². The molecule has 3 nitrogen and oxygen atoms in total. The minimum atomic E-state index is 0.296. The third-order valence-electron chi connectivity index (χ3n) is 6.55. The van der Waals surface area contributed by atoms with Crippen LogP contribution in [0.4, 0.5) is 5.69 Å². The van der Waals surface area contributed by atoms with Crippen molar-refractivity contribution in [1.82, 2.24) is 0 Å². The van der Waals surface area contributed by atoms with Crippen LogP contribution in [0.5, 0.6) is 0 Å². The van der Waals surface area contributed by atoms with Crippen LogP contribution in [-0.4, -0.2) is 18.9 Å². The summed E-state index contributed by atoms with van der Waals surface area (Å²) < 4.78 is 6.45. The van der Waals surface area contributed by atoms with E-state index < -0.39 is 0 Å². The largest absolute Gasteiger partial charge is 0.456 e. The smallest absolute Gasteiger partial charge is 0.140 e. The molecule has 1 atom stereocenters. The second kappa shape index (κ2) is 5.96. The Bertz CT molecular complexity index is 1310. The topological polar surface area (TPSA) is 28.7 Å². The molecule has 0 fully saturated rings. The number of benzene rings is 3. The number of rotatable bonds is 1. The summed E-state index contributed by atoms with van der Waals surface area (Å²) in [4.78, 5) is 7.37. The van der Waals surface area contributed by atoms with Crippen molar-refractivity contribution in [2.45, 2.75) is 32.6 Å². The van der Waals surface area contributed by atoms with Gasteiger partial charge in [0.2, 0.25) is 0 Å². The molecule has 0 amide bonds. The summed E-state index contributed by atoms with van der Waals surface area (Å²) in [5, 5.41) is 2.45. The second-order valence-corrected chi connectivity index (χ2v) is 8.53. The van der Waals surface area contributed by atoms with Gasteiger partial charge < -0.3 is 9.32 Å². The van der Waals surface area contributed by atoms with E-state index in [0.29, 0.717) is 11.8 Å². The Morgan fingerprint density at radius 1 is 1.03 bits per heavy atom. The fourth-order valence-corrected chi connectivity index (χ4v) is 5.12. The number of furan rings is 1. The maximum Gasteiger partial charge on any atom is 0.140 e. The van der Waals surface area contributed by atoms with Gasteiger partial charge in [0.05, 0.1) is 17.6 Å². The molecule has 3 aromatic carbocycles. The van der Waals surface area contributed by atoms with Crippen molar-refractivity contribution >= 4 is 33.5 Å². The third-order valence-corrected chi connectivity index (χ3v) is 6.55. The zero-order chi connectivity index (χ0) is 19.7. The van der Waals surface area contributed by atoms with Gasteiger partial charge in [-0.3, -0.25) is 4.99 Å². The minimum Gasteiger partial charge on any atom is -0.456 e. The lowest BCUT2D eigenvalue weighted by Crippen LogP contribution is -2.28. The van der Waals surface area contributed by atoms with Gasteiger partial charge in [-0.1, -0.05) is 63.2 Å². The molecule has 0 aliphatic carbocycles. The zero-order valence-corrected chi connectivity index (χ0v) is 17.1. The Morgan fingerprint density at radius 2 is 1.83 bits per heavy atom. The Hall–Kier alpha value is -3.07. The summed E-state index contributed by atoms with van der Waals surface area (Å²) in [6.45, 7) is 8.59. The molecule has 29 heavy (non-hydrogen) atoms. The molecule has 1 aromatic heterocycles. The first-order valence-electron chi connectivity index (χ1n) is 10.5. The molecule has 0 saturated heterocycles. The highest BCUT2D eigenvalue weighted by molar-refractivity contribution is 6.21. The normalized spacial score (nSPS) is 18.0. The fourth-order valence-electron chi connectivity index (χ4n) is 5.12. The molecular weight excluding hydrogens is 356 g/mol. The van der Waals surface area contributed by atoms with Crippen molar-refractivity contribution < 1.29 is 4.42 Å². The van der Waals surface area contributed by atoms with Gasteiger partial charge in [0, 0.05) is 23.4 Å². The lowest BCUT2D eigenvalue weighted by atomic mass is 9.86. The van der Waals surface area contributed by atoms with E-state index in [4.69, 9.17) is 9.41 Å². The molecule has 144 valence electrons. The summed E-state index contributed by atoms with van der Waals surface area (Å²) >= 11 is 0. The van der Waals surface area contributed by atoms with Crippen LogP contribution < -0.4 is 4.90 Å². The van der Waals surface area contributed by atoms with Gasteiger partial charge in [0.15, 0.2) is 0 Å². The number of anilines is 1. The van der Waals surface area contributed by atoms with Crippen LogP contribution in [-0.2, 0) is 0 Å². The van der Waals surface area contributed by atoms with E-state index in [1.165, 1.54) is 38.7 Å². The molecule has 2 aliphatic heterocycles. The van der Waals surface area contributed by atoms with Crippen molar-refractivity contribution in [1.29, 1.82) is 0 Å². The monoisotopic (exact) mass is 380 g/mol. The van der Waals surface area contributed by atoms with Crippen LogP contribution in [0, 0.1) is 0 Å². The van der Waals surface area contributed by atoms with Gasteiger partial charge in [-0.15, -0.1) is 0 Å². The highest BCUT2D eigenvalue weighted by Gasteiger charge is 2.34. The zero-order valence-electron chi connectivity index (χ0n) is 17.1. The molecule has 2 aliphatic rings. The SMILES string of the molecule is CC(C)c1cc2c(c3c1oc1ccccc13)N1CCN=C1c1ccccc1C2C. The van der Waals surface area contributed by atoms with Crippen LogP contribution >= 0.6 is 0 Å². The third kappa shape index (κ3) is 2.21. The molecule has 6 rings (SSSR count). The predicted octanol–water partition coefficient (Wildman–Crippen LogP) is 6.44. The summed E-state index contributed by atoms with van der Waals surface area (Å²) in [6, 6.07) is 19.6. The van der Waals surface area contributed by atoms with E-state index in [1.54, 1.807) is 0 Å². The van der Waals surface area contributed by atoms with E-state index in [9.17, 15) is 0 Å². The Labute approximate surface area is 170 Å². The van der Waals surface area contributed by atoms with Gasteiger partial charge in [0.1, 0.15) is 17.0 Å². The van der Waals surface area contributed by atoms with E-state index in [-0.39, 0.29) is 0 Å². The first-order valence-corrected chi connectivity index (χ1v) is 10.5. The van der Waals surface area contributed by atoms with E-state index in [0.717, 1.165) is 30.1 Å².